The van der Waals surface area contributed by atoms with Gasteiger partial charge in [-0.25, -0.2) is 4.57 Å². The molecule has 1 fully saturated rings. The predicted octanol–water partition coefficient (Wildman–Crippen LogP) is 6.62. The Hall–Kier alpha value is -3.80. The van der Waals surface area contributed by atoms with Gasteiger partial charge in [-0.2, -0.15) is 0 Å². The number of aromatic nitrogens is 3. The number of hydrogen-bond donors (Lipinski definition) is 1. The third-order valence-electron chi connectivity index (χ3n) is 10.5. The van der Waals surface area contributed by atoms with E-state index in [0.717, 1.165) is 33.4 Å². The molecule has 40 heavy (non-hydrogen) atoms. The fourth-order valence-electron chi connectivity index (χ4n) is 7.99. The van der Waals surface area contributed by atoms with Crippen LogP contribution in [0, 0.1) is 0 Å². The van der Waals surface area contributed by atoms with E-state index in [2.05, 4.69) is 118 Å². The normalized spacial score (nSPS) is 25.4. The lowest BCUT2D eigenvalue weighted by Gasteiger charge is -2.28. The molecule has 5 nitrogen and oxygen atoms in total. The standard InChI is InChI=1S/C35H34N3O2/c1-32(2,3)22-14-15-24-21(18-22)12-16-25-27(24)30-29-28-23-11-9-8-10-20(23)13-17-26(28)37(6)31(29)36-19-38(30)34(5)33(25,4)35(34,39)40-7/h8-19,39H,1-7H3/q+1. The van der Waals surface area contributed by atoms with Gasteiger partial charge in [0, 0.05) is 25.1 Å². The molecular weight excluding hydrogens is 494 g/mol. The van der Waals surface area contributed by atoms with Crippen LogP contribution in [0.4, 0.5) is 0 Å². The smallest absolute Gasteiger partial charge is 0.290 e. The molecule has 2 aliphatic rings. The minimum Gasteiger partial charge on any atom is -0.361 e. The van der Waals surface area contributed by atoms with Crippen molar-refractivity contribution in [1.29, 1.82) is 0 Å². The summed E-state index contributed by atoms with van der Waals surface area (Å²) < 4.78 is 10.4. The monoisotopic (exact) mass is 528 g/mol. The van der Waals surface area contributed by atoms with Gasteiger partial charge in [0.15, 0.2) is 5.54 Å². The average Bonchev–Trinajstić information content (AvgIpc) is 3.18. The summed E-state index contributed by atoms with van der Waals surface area (Å²) in [6, 6.07) is 24.3. The van der Waals surface area contributed by atoms with Gasteiger partial charge in [-0.1, -0.05) is 81.4 Å². The zero-order chi connectivity index (χ0) is 28.0. The second-order valence-corrected chi connectivity index (χ2v) is 13.1. The van der Waals surface area contributed by atoms with Gasteiger partial charge in [0.25, 0.3) is 12.0 Å². The SMILES string of the molecule is COC1(O)C2(C)c3ccc4cc(C(C)(C)C)ccc4c3-c3c4c5c6ccccc6ccc5n(C)c4nc[n+]3C12C. The molecule has 1 aliphatic carbocycles. The largest absolute Gasteiger partial charge is 0.361 e. The number of nitrogens with zero attached hydrogens (tertiary/aromatic N) is 3. The van der Waals surface area contributed by atoms with E-state index in [4.69, 9.17) is 9.72 Å². The predicted molar refractivity (Wildman–Crippen MR) is 161 cm³/mol. The maximum atomic E-state index is 12.1. The molecule has 3 atom stereocenters. The van der Waals surface area contributed by atoms with Crippen molar-refractivity contribution < 1.29 is 14.4 Å². The van der Waals surface area contributed by atoms with Crippen molar-refractivity contribution in [2.75, 3.05) is 7.11 Å². The summed E-state index contributed by atoms with van der Waals surface area (Å²) in [7, 11) is 3.71. The summed E-state index contributed by atoms with van der Waals surface area (Å²) >= 11 is 0. The number of aryl methyl sites for hydroxylation is 1. The van der Waals surface area contributed by atoms with Crippen LogP contribution in [-0.4, -0.2) is 27.6 Å². The first-order valence-corrected chi connectivity index (χ1v) is 14.1. The first-order valence-electron chi connectivity index (χ1n) is 14.1. The number of benzene rings is 4. The Morgan fingerprint density at radius 3 is 2.40 bits per heavy atom. The molecule has 0 saturated heterocycles. The van der Waals surface area contributed by atoms with Crippen LogP contribution in [0.25, 0.3) is 54.7 Å². The molecule has 6 aromatic rings. The molecule has 4 aromatic carbocycles. The molecule has 1 N–H and O–H groups in total. The second-order valence-electron chi connectivity index (χ2n) is 13.1. The van der Waals surface area contributed by atoms with E-state index in [1.54, 1.807) is 7.11 Å². The highest BCUT2D eigenvalue weighted by Crippen LogP contribution is 2.72. The summed E-state index contributed by atoms with van der Waals surface area (Å²) in [5.74, 6) is -1.38. The molecule has 0 amide bonds. The Labute approximate surface area is 233 Å². The minimum atomic E-state index is -1.38. The van der Waals surface area contributed by atoms with Gasteiger partial charge >= 0.3 is 0 Å². The highest BCUT2D eigenvalue weighted by molar-refractivity contribution is 6.24. The minimum absolute atomic E-state index is 0.0415. The van der Waals surface area contributed by atoms with Crippen LogP contribution in [-0.2, 0) is 28.2 Å². The number of hydrogen-bond acceptors (Lipinski definition) is 3. The van der Waals surface area contributed by atoms with Crippen molar-refractivity contribution >= 4 is 43.5 Å². The number of ether oxygens (including phenoxy) is 1. The van der Waals surface area contributed by atoms with Gasteiger partial charge in [-0.15, -0.1) is 0 Å². The summed E-state index contributed by atoms with van der Waals surface area (Å²) in [4.78, 5) is 5.05. The Morgan fingerprint density at radius 1 is 0.900 bits per heavy atom. The molecule has 200 valence electrons. The van der Waals surface area contributed by atoms with Gasteiger partial charge in [-0.05, 0) is 63.0 Å². The Bertz CT molecular complexity index is 2100. The first-order chi connectivity index (χ1) is 19.0. The van der Waals surface area contributed by atoms with Crippen LogP contribution in [0.5, 0.6) is 0 Å². The third kappa shape index (κ3) is 2.40. The average molecular weight is 529 g/mol. The summed E-state index contributed by atoms with van der Waals surface area (Å²) in [5.41, 5.74) is 5.38. The van der Waals surface area contributed by atoms with Crippen molar-refractivity contribution in [3.63, 3.8) is 0 Å². The molecule has 5 heteroatoms. The van der Waals surface area contributed by atoms with E-state index in [-0.39, 0.29) is 5.41 Å². The zero-order valence-corrected chi connectivity index (χ0v) is 24.1. The topological polar surface area (TPSA) is 51.2 Å². The van der Waals surface area contributed by atoms with Crippen molar-refractivity contribution in [3.05, 3.63) is 84.2 Å². The van der Waals surface area contributed by atoms with Crippen LogP contribution in [0.15, 0.2) is 73.1 Å². The van der Waals surface area contributed by atoms with Crippen LogP contribution in [0.1, 0.15) is 45.7 Å². The first kappa shape index (κ1) is 24.0. The van der Waals surface area contributed by atoms with Gasteiger partial charge in [0.2, 0.25) is 5.79 Å². The van der Waals surface area contributed by atoms with E-state index in [0.29, 0.717) is 0 Å². The molecule has 0 spiro atoms. The summed E-state index contributed by atoms with van der Waals surface area (Å²) in [5, 5.41) is 19.2. The quantitative estimate of drug-likeness (QED) is 0.193. The van der Waals surface area contributed by atoms with Gasteiger partial charge in [0.05, 0.1) is 5.52 Å². The molecule has 3 heterocycles. The molecule has 1 saturated carbocycles. The van der Waals surface area contributed by atoms with E-state index in [1.165, 1.54) is 32.5 Å². The maximum Gasteiger partial charge on any atom is 0.290 e. The fourth-order valence-corrected chi connectivity index (χ4v) is 7.99. The number of methoxy groups -OCH3 is 1. The molecule has 2 aromatic heterocycles. The maximum absolute atomic E-state index is 12.1. The summed E-state index contributed by atoms with van der Waals surface area (Å²) in [6.45, 7) is 11.0. The van der Waals surface area contributed by atoms with Crippen molar-refractivity contribution in [1.82, 2.24) is 9.55 Å². The van der Waals surface area contributed by atoms with Gasteiger partial charge < -0.3 is 14.4 Å². The Balaban J connectivity index is 1.63. The van der Waals surface area contributed by atoms with E-state index in [9.17, 15) is 5.11 Å². The van der Waals surface area contributed by atoms with Crippen LogP contribution in [0.3, 0.4) is 0 Å². The fraction of sp³-hybridized carbons (Fsp3) is 0.314. The number of fused-ring (bicyclic) bond motifs is 14. The third-order valence-corrected chi connectivity index (χ3v) is 10.5. The number of aliphatic hydroxyl groups is 1. The van der Waals surface area contributed by atoms with E-state index in [1.807, 2.05) is 6.33 Å². The summed E-state index contributed by atoms with van der Waals surface area (Å²) in [6.07, 6.45) is 1.92. The molecule has 3 unspecified atom stereocenters. The Morgan fingerprint density at radius 2 is 1.65 bits per heavy atom. The highest BCUT2D eigenvalue weighted by Gasteiger charge is 2.91. The molecule has 1 aliphatic heterocycles. The van der Waals surface area contributed by atoms with Crippen molar-refractivity contribution in [2.45, 2.75) is 56.8 Å². The lowest BCUT2D eigenvalue weighted by Crippen LogP contribution is -2.55. The van der Waals surface area contributed by atoms with Crippen molar-refractivity contribution in [2.24, 2.45) is 7.05 Å². The van der Waals surface area contributed by atoms with E-state index < -0.39 is 16.7 Å². The Kier molecular flexibility index (Phi) is 4.26. The van der Waals surface area contributed by atoms with Crippen LogP contribution < -0.4 is 4.57 Å². The number of rotatable bonds is 1. The van der Waals surface area contributed by atoms with Gasteiger partial charge in [-0.3, -0.25) is 0 Å². The zero-order valence-electron chi connectivity index (χ0n) is 24.1. The van der Waals surface area contributed by atoms with Crippen LogP contribution in [0.2, 0.25) is 0 Å². The van der Waals surface area contributed by atoms with Crippen LogP contribution >= 0.6 is 0 Å². The molecular formula is C35H34N3O2+. The molecule has 0 radical (unpaired) electrons. The second kappa shape index (κ2) is 7.09. The molecule has 8 rings (SSSR count). The van der Waals surface area contributed by atoms with Crippen molar-refractivity contribution in [3.8, 4) is 11.3 Å². The van der Waals surface area contributed by atoms with Gasteiger partial charge in [0.1, 0.15) is 16.5 Å². The highest BCUT2D eigenvalue weighted by atomic mass is 16.6. The van der Waals surface area contributed by atoms with E-state index >= 15 is 0 Å². The molecule has 0 bridgehead atoms. The lowest BCUT2D eigenvalue weighted by atomic mass is 9.79. The lowest BCUT2D eigenvalue weighted by molar-refractivity contribution is -0.743.